The Balaban J connectivity index is 2.06. The summed E-state index contributed by atoms with van der Waals surface area (Å²) in [5.74, 6) is -4.20. The first-order valence-corrected chi connectivity index (χ1v) is 10.4. The molecule has 2 saturated heterocycles. The second-order valence-electron chi connectivity index (χ2n) is 9.21. The molecule has 0 saturated carbocycles. The van der Waals surface area contributed by atoms with Crippen LogP contribution >= 0.6 is 0 Å². The smallest absolute Gasteiger partial charge is 0.324 e. The van der Waals surface area contributed by atoms with E-state index in [2.05, 4.69) is 10.6 Å². The molecule has 4 amide bonds. The number of hydrogen-bond donors (Lipinski definition) is 4. The third kappa shape index (κ3) is 3.80. The van der Waals surface area contributed by atoms with Crippen LogP contribution in [0.5, 0.6) is 0 Å². The van der Waals surface area contributed by atoms with Gasteiger partial charge >= 0.3 is 12.0 Å². The Hall–Kier alpha value is -3.45. The number of amides is 4. The zero-order valence-corrected chi connectivity index (χ0v) is 18.2. The van der Waals surface area contributed by atoms with Crippen LogP contribution in [0.2, 0.25) is 0 Å². The standard InChI is InChI=1S/C22H27N5O5/c1-21(2,3)27-17(28)14-15(18(27)29)22(19(30)31,9-4-10-25-20(24)32)26-16(14)13-7-5-12(11-23)6-8-13/h5-8,14-16,26H,4,9-10H2,1-3H3,(H,30,31)(H3,24,25,32). The van der Waals surface area contributed by atoms with Crippen molar-refractivity contribution < 1.29 is 24.3 Å². The number of nitrogens with zero attached hydrogens (tertiary/aromatic N) is 2. The van der Waals surface area contributed by atoms with Crippen molar-refractivity contribution in [2.45, 2.75) is 50.7 Å². The van der Waals surface area contributed by atoms with Crippen LogP contribution in [0.1, 0.15) is 50.8 Å². The predicted molar refractivity (Wildman–Crippen MR) is 113 cm³/mol. The highest BCUT2D eigenvalue weighted by Gasteiger charge is 2.69. The van der Waals surface area contributed by atoms with Crippen LogP contribution < -0.4 is 16.4 Å². The van der Waals surface area contributed by atoms with E-state index in [0.717, 1.165) is 0 Å². The van der Waals surface area contributed by atoms with Gasteiger partial charge in [0.15, 0.2) is 0 Å². The van der Waals surface area contributed by atoms with Crippen LogP contribution in [0.3, 0.4) is 0 Å². The molecular formula is C22H27N5O5. The molecular weight excluding hydrogens is 414 g/mol. The second kappa shape index (κ2) is 8.24. The number of rotatable bonds is 6. The average Bonchev–Trinajstić information content (AvgIpc) is 3.19. The number of fused-ring (bicyclic) bond motifs is 1. The van der Waals surface area contributed by atoms with Gasteiger partial charge in [0.2, 0.25) is 11.8 Å². The van der Waals surface area contributed by atoms with Crippen LogP contribution in [-0.4, -0.2) is 51.4 Å². The number of carboxylic acid groups (broad SMARTS) is 1. The Morgan fingerprint density at radius 2 is 1.88 bits per heavy atom. The fraction of sp³-hybridized carbons (Fsp3) is 0.500. The quantitative estimate of drug-likeness (QED) is 0.375. The first kappa shape index (κ1) is 23.2. The van der Waals surface area contributed by atoms with Gasteiger partial charge in [0.05, 0.1) is 23.5 Å². The number of carbonyl (C=O) groups excluding carboxylic acids is 3. The molecule has 10 nitrogen and oxygen atoms in total. The molecule has 32 heavy (non-hydrogen) atoms. The Morgan fingerprint density at radius 3 is 2.38 bits per heavy atom. The number of primary amides is 1. The number of benzene rings is 1. The van der Waals surface area contributed by atoms with Crippen LogP contribution in [0.15, 0.2) is 24.3 Å². The molecule has 4 unspecified atom stereocenters. The van der Waals surface area contributed by atoms with Crippen molar-refractivity contribution in [3.63, 3.8) is 0 Å². The molecule has 0 spiro atoms. The maximum Gasteiger partial charge on any atom is 0.324 e. The SMILES string of the molecule is CC(C)(C)N1C(=O)C2C(c3ccc(C#N)cc3)NC(CCCNC(N)=O)(C(=O)O)C2C1=O. The molecule has 5 N–H and O–H groups in total. The summed E-state index contributed by atoms with van der Waals surface area (Å²) in [6.07, 6.45) is 0.246. The number of nitrogens with two attached hydrogens (primary N) is 1. The van der Waals surface area contributed by atoms with E-state index in [0.29, 0.717) is 11.1 Å². The third-order valence-electron chi connectivity index (χ3n) is 6.15. The van der Waals surface area contributed by atoms with Gasteiger partial charge in [-0.05, 0) is 51.3 Å². The number of nitrogens with one attached hydrogen (secondary N) is 2. The lowest BCUT2D eigenvalue weighted by molar-refractivity contribution is -0.154. The van der Waals surface area contributed by atoms with E-state index in [1.54, 1.807) is 45.0 Å². The molecule has 1 aromatic carbocycles. The highest BCUT2D eigenvalue weighted by atomic mass is 16.4. The Morgan fingerprint density at radius 1 is 1.25 bits per heavy atom. The van der Waals surface area contributed by atoms with Crippen molar-refractivity contribution in [1.29, 1.82) is 5.26 Å². The molecule has 0 bridgehead atoms. The van der Waals surface area contributed by atoms with Gasteiger partial charge in [-0.2, -0.15) is 5.26 Å². The molecule has 3 rings (SSSR count). The maximum atomic E-state index is 13.5. The van der Waals surface area contributed by atoms with E-state index < -0.39 is 52.8 Å². The van der Waals surface area contributed by atoms with Crippen molar-refractivity contribution >= 4 is 23.8 Å². The number of carbonyl (C=O) groups is 4. The highest BCUT2D eigenvalue weighted by molar-refractivity contribution is 6.10. The van der Waals surface area contributed by atoms with Crippen LogP contribution in [0.25, 0.3) is 0 Å². The number of likely N-dealkylation sites (tertiary alicyclic amines) is 1. The number of imide groups is 1. The Labute approximate surface area is 185 Å². The summed E-state index contributed by atoms with van der Waals surface area (Å²) in [5, 5.41) is 24.8. The Kier molecular flexibility index (Phi) is 5.98. The molecule has 170 valence electrons. The second-order valence-corrected chi connectivity index (χ2v) is 9.21. The lowest BCUT2D eigenvalue weighted by Gasteiger charge is -2.35. The van der Waals surface area contributed by atoms with Gasteiger partial charge in [-0.25, -0.2) is 4.79 Å². The molecule has 0 radical (unpaired) electrons. The van der Waals surface area contributed by atoms with E-state index in [1.165, 1.54) is 4.90 Å². The number of nitriles is 1. The number of urea groups is 1. The van der Waals surface area contributed by atoms with Gasteiger partial charge in [0.1, 0.15) is 5.54 Å². The van der Waals surface area contributed by atoms with E-state index in [9.17, 15) is 24.3 Å². The minimum Gasteiger partial charge on any atom is -0.480 e. The fourth-order valence-electron chi connectivity index (χ4n) is 4.83. The van der Waals surface area contributed by atoms with E-state index in [-0.39, 0.29) is 19.4 Å². The summed E-state index contributed by atoms with van der Waals surface area (Å²) >= 11 is 0. The summed E-state index contributed by atoms with van der Waals surface area (Å²) in [6.45, 7) is 5.32. The van der Waals surface area contributed by atoms with Crippen molar-refractivity contribution in [3.05, 3.63) is 35.4 Å². The predicted octanol–water partition coefficient (Wildman–Crippen LogP) is 0.874. The largest absolute Gasteiger partial charge is 0.480 e. The van der Waals surface area contributed by atoms with Crippen molar-refractivity contribution in [1.82, 2.24) is 15.5 Å². The van der Waals surface area contributed by atoms with Gasteiger partial charge in [0, 0.05) is 18.1 Å². The van der Waals surface area contributed by atoms with E-state index >= 15 is 0 Å². The molecule has 0 aliphatic carbocycles. The van der Waals surface area contributed by atoms with Gasteiger partial charge in [-0.1, -0.05) is 12.1 Å². The average molecular weight is 441 g/mol. The fourth-order valence-corrected chi connectivity index (χ4v) is 4.83. The van der Waals surface area contributed by atoms with Gasteiger partial charge in [0.25, 0.3) is 0 Å². The molecule has 2 heterocycles. The van der Waals surface area contributed by atoms with Crippen LogP contribution in [0.4, 0.5) is 4.79 Å². The summed E-state index contributed by atoms with van der Waals surface area (Å²) < 4.78 is 0. The van der Waals surface area contributed by atoms with Crippen molar-refractivity contribution in [2.24, 2.45) is 17.6 Å². The first-order chi connectivity index (χ1) is 14.9. The van der Waals surface area contributed by atoms with E-state index in [1.807, 2.05) is 6.07 Å². The van der Waals surface area contributed by atoms with Crippen LogP contribution in [-0.2, 0) is 14.4 Å². The maximum absolute atomic E-state index is 13.5. The number of hydrogen-bond acceptors (Lipinski definition) is 6. The highest BCUT2D eigenvalue weighted by Crippen LogP contribution is 2.51. The molecule has 1 aromatic rings. The Bertz CT molecular complexity index is 993. The zero-order chi connectivity index (χ0) is 23.8. The molecule has 2 aliphatic heterocycles. The summed E-state index contributed by atoms with van der Waals surface area (Å²) in [7, 11) is 0. The summed E-state index contributed by atoms with van der Waals surface area (Å²) in [5.41, 5.74) is 3.62. The molecule has 4 atom stereocenters. The molecule has 0 aromatic heterocycles. The minimum atomic E-state index is -1.70. The van der Waals surface area contributed by atoms with Gasteiger partial charge in [-0.3, -0.25) is 24.6 Å². The van der Waals surface area contributed by atoms with Crippen LogP contribution in [0, 0.1) is 23.2 Å². The topological polar surface area (TPSA) is 166 Å². The van der Waals surface area contributed by atoms with Crippen molar-refractivity contribution in [3.8, 4) is 6.07 Å². The summed E-state index contributed by atoms with van der Waals surface area (Å²) in [6, 6.07) is 7.08. The number of carboxylic acids is 1. The van der Waals surface area contributed by atoms with Gasteiger partial charge in [-0.15, -0.1) is 0 Å². The number of aliphatic carboxylic acids is 1. The molecule has 10 heteroatoms. The minimum absolute atomic E-state index is 0.00750. The van der Waals surface area contributed by atoms with E-state index in [4.69, 9.17) is 11.0 Å². The van der Waals surface area contributed by atoms with Crippen molar-refractivity contribution in [2.75, 3.05) is 6.54 Å². The lowest BCUT2D eigenvalue weighted by Crippen LogP contribution is -2.57. The zero-order valence-electron chi connectivity index (χ0n) is 18.2. The third-order valence-corrected chi connectivity index (χ3v) is 6.15. The monoisotopic (exact) mass is 441 g/mol. The van der Waals surface area contributed by atoms with Gasteiger partial charge < -0.3 is 16.2 Å². The summed E-state index contributed by atoms with van der Waals surface area (Å²) in [4.78, 5) is 51.6. The molecule has 2 fully saturated rings. The normalized spacial score (nSPS) is 27.2. The lowest BCUT2D eigenvalue weighted by atomic mass is 9.77. The molecule has 2 aliphatic rings. The first-order valence-electron chi connectivity index (χ1n) is 10.4.